The van der Waals surface area contributed by atoms with Crippen LogP contribution in [0.4, 0.5) is 0 Å². The van der Waals surface area contributed by atoms with Gasteiger partial charge < -0.3 is 5.32 Å². The lowest BCUT2D eigenvalue weighted by Gasteiger charge is -2.26. The summed E-state index contributed by atoms with van der Waals surface area (Å²) in [5.74, 6) is -0.106. The molecule has 0 atom stereocenters. The molecule has 3 nitrogen and oxygen atoms in total. The van der Waals surface area contributed by atoms with E-state index in [9.17, 15) is 4.79 Å². The highest BCUT2D eigenvalue weighted by molar-refractivity contribution is 7.18. The van der Waals surface area contributed by atoms with Gasteiger partial charge in [0.15, 0.2) is 0 Å². The maximum absolute atomic E-state index is 13.2. The van der Waals surface area contributed by atoms with Gasteiger partial charge in [0.25, 0.3) is 5.91 Å². The average Bonchev–Trinajstić information content (AvgIpc) is 3.25. The Labute approximate surface area is 175 Å². The summed E-state index contributed by atoms with van der Waals surface area (Å²) in [5.41, 5.74) is 3.04. The fourth-order valence-electron chi connectivity index (χ4n) is 3.28. The Kier molecular flexibility index (Phi) is 5.28. The molecule has 0 aliphatic heterocycles. The lowest BCUT2D eigenvalue weighted by Crippen LogP contribution is -2.41. The van der Waals surface area contributed by atoms with E-state index in [1.807, 2.05) is 74.5 Å². The van der Waals surface area contributed by atoms with Crippen LogP contribution in [0.1, 0.15) is 29.9 Å². The van der Waals surface area contributed by atoms with Crippen molar-refractivity contribution < 1.29 is 4.79 Å². The fraction of sp³-hybridized carbons (Fsp3) is 0.120. The van der Waals surface area contributed by atoms with Crippen LogP contribution in [-0.2, 0) is 5.54 Å². The van der Waals surface area contributed by atoms with Crippen LogP contribution in [0.2, 0.25) is 0 Å². The third-order valence-electron chi connectivity index (χ3n) is 4.83. The maximum atomic E-state index is 13.2. The molecule has 4 rings (SSSR count). The minimum absolute atomic E-state index is 0.106. The van der Waals surface area contributed by atoms with Crippen LogP contribution in [0, 0.1) is 0 Å². The first-order chi connectivity index (χ1) is 14.0. The number of hydrogen-bond acceptors (Lipinski definition) is 3. The van der Waals surface area contributed by atoms with Gasteiger partial charge in [0, 0.05) is 27.1 Å². The first-order valence-electron chi connectivity index (χ1n) is 9.53. The predicted molar refractivity (Wildman–Crippen MR) is 120 cm³/mol. The van der Waals surface area contributed by atoms with Gasteiger partial charge in [-0.25, -0.2) is 0 Å². The molecule has 1 amide bonds. The van der Waals surface area contributed by atoms with Crippen molar-refractivity contribution in [2.45, 2.75) is 19.4 Å². The third-order valence-corrected chi connectivity index (χ3v) is 6.00. The minimum Gasteiger partial charge on any atom is -0.341 e. The van der Waals surface area contributed by atoms with E-state index in [4.69, 9.17) is 0 Å². The van der Waals surface area contributed by atoms with E-state index >= 15 is 0 Å². The van der Waals surface area contributed by atoms with Crippen LogP contribution >= 0.6 is 11.3 Å². The van der Waals surface area contributed by atoms with Crippen LogP contribution in [0.5, 0.6) is 0 Å². The number of carbonyl (C=O) groups excluding carboxylic acids is 1. The highest BCUT2D eigenvalue weighted by atomic mass is 32.1. The van der Waals surface area contributed by atoms with Gasteiger partial charge in [-0.15, -0.1) is 11.3 Å². The zero-order valence-corrected chi connectivity index (χ0v) is 17.2. The van der Waals surface area contributed by atoms with Crippen molar-refractivity contribution in [2.75, 3.05) is 0 Å². The molecule has 2 heterocycles. The molecule has 0 spiro atoms. The second-order valence-electron chi connectivity index (χ2n) is 7.37. The average molecular weight is 399 g/mol. The minimum atomic E-state index is -0.573. The molecule has 0 radical (unpaired) electrons. The quantitative estimate of drug-likeness (QED) is 0.438. The summed E-state index contributed by atoms with van der Waals surface area (Å²) in [5, 5.41) is 3.14. The second kappa shape index (κ2) is 8.02. The summed E-state index contributed by atoms with van der Waals surface area (Å²) in [4.78, 5) is 19.8. The highest BCUT2D eigenvalue weighted by Gasteiger charge is 2.26. The molecule has 2 aromatic heterocycles. The molecule has 4 aromatic rings. The molecule has 144 valence electrons. The number of aromatic nitrogens is 1. The monoisotopic (exact) mass is 398 g/mol. The van der Waals surface area contributed by atoms with E-state index in [0.717, 1.165) is 16.1 Å². The van der Waals surface area contributed by atoms with Crippen LogP contribution < -0.4 is 5.32 Å². The summed E-state index contributed by atoms with van der Waals surface area (Å²) in [6.07, 6.45) is 1.74. The molecule has 0 aliphatic carbocycles. The van der Waals surface area contributed by atoms with Gasteiger partial charge in [-0.3, -0.25) is 9.78 Å². The molecule has 2 aromatic carbocycles. The van der Waals surface area contributed by atoms with Gasteiger partial charge in [-0.2, -0.15) is 0 Å². The number of benzene rings is 2. The topological polar surface area (TPSA) is 42.0 Å². The smallest absolute Gasteiger partial charge is 0.252 e. The molecule has 4 heteroatoms. The summed E-state index contributed by atoms with van der Waals surface area (Å²) in [7, 11) is 0. The molecule has 0 bridgehead atoms. The Morgan fingerprint density at radius 3 is 2.28 bits per heavy atom. The van der Waals surface area contributed by atoms with Crippen molar-refractivity contribution in [3.05, 3.63) is 102 Å². The lowest BCUT2D eigenvalue weighted by atomic mass is 9.98. The fourth-order valence-corrected chi connectivity index (χ4v) is 4.33. The van der Waals surface area contributed by atoms with Crippen molar-refractivity contribution >= 4 is 17.2 Å². The summed E-state index contributed by atoms with van der Waals surface area (Å²) in [6, 6.07) is 28.0. The van der Waals surface area contributed by atoms with Crippen molar-refractivity contribution in [1.82, 2.24) is 10.3 Å². The summed E-state index contributed by atoms with van der Waals surface area (Å²) >= 11 is 1.69. The number of pyridine rings is 1. The zero-order valence-electron chi connectivity index (χ0n) is 16.4. The number of carbonyl (C=O) groups is 1. The molecule has 0 fully saturated rings. The SMILES string of the molecule is CC(C)(NC(=O)c1ccccc1-c1ccc(-c2ccccc2)s1)c1ccccn1. The number of thiophene rings is 1. The van der Waals surface area contributed by atoms with Crippen molar-refractivity contribution in [2.24, 2.45) is 0 Å². The highest BCUT2D eigenvalue weighted by Crippen LogP contribution is 2.36. The molecule has 0 saturated heterocycles. The number of amides is 1. The largest absolute Gasteiger partial charge is 0.341 e. The predicted octanol–water partition coefficient (Wildman–Crippen LogP) is 6.14. The van der Waals surface area contributed by atoms with E-state index in [1.54, 1.807) is 17.5 Å². The Hall–Kier alpha value is -3.24. The number of hydrogen-bond donors (Lipinski definition) is 1. The van der Waals surface area contributed by atoms with Crippen molar-refractivity contribution in [3.63, 3.8) is 0 Å². The molecular formula is C25H22N2OS. The van der Waals surface area contributed by atoms with Gasteiger partial charge in [0.1, 0.15) is 0 Å². The summed E-state index contributed by atoms with van der Waals surface area (Å²) < 4.78 is 0. The van der Waals surface area contributed by atoms with E-state index in [1.165, 1.54) is 10.4 Å². The lowest BCUT2D eigenvalue weighted by molar-refractivity contribution is 0.0911. The molecule has 29 heavy (non-hydrogen) atoms. The first-order valence-corrected chi connectivity index (χ1v) is 10.3. The van der Waals surface area contributed by atoms with Crippen LogP contribution in [0.25, 0.3) is 20.9 Å². The molecular weight excluding hydrogens is 376 g/mol. The van der Waals surface area contributed by atoms with E-state index in [0.29, 0.717) is 5.56 Å². The Balaban J connectivity index is 1.64. The number of nitrogens with one attached hydrogen (secondary N) is 1. The van der Waals surface area contributed by atoms with E-state index < -0.39 is 5.54 Å². The zero-order chi connectivity index (χ0) is 20.3. The van der Waals surface area contributed by atoms with Crippen LogP contribution in [0.15, 0.2) is 91.1 Å². The molecule has 0 unspecified atom stereocenters. The van der Waals surface area contributed by atoms with Gasteiger partial charge in [0.05, 0.1) is 11.2 Å². The standard InChI is InChI=1S/C25H22N2OS/c1-25(2,23-14-8-9-17-26-23)27-24(28)20-13-7-6-12-19(20)22-16-15-21(29-22)18-10-4-3-5-11-18/h3-17H,1-2H3,(H,27,28). The number of rotatable bonds is 5. The normalized spacial score (nSPS) is 11.2. The second-order valence-corrected chi connectivity index (χ2v) is 8.45. The van der Waals surface area contributed by atoms with Crippen LogP contribution in [0.3, 0.4) is 0 Å². The first kappa shape index (κ1) is 19.1. The van der Waals surface area contributed by atoms with Crippen LogP contribution in [-0.4, -0.2) is 10.9 Å². The Bertz CT molecular complexity index is 1120. The Morgan fingerprint density at radius 1 is 0.828 bits per heavy atom. The van der Waals surface area contributed by atoms with Gasteiger partial charge in [0.2, 0.25) is 0 Å². The third kappa shape index (κ3) is 4.13. The van der Waals surface area contributed by atoms with Gasteiger partial charge in [-0.05, 0) is 49.7 Å². The molecule has 0 saturated carbocycles. The number of nitrogens with zero attached hydrogens (tertiary/aromatic N) is 1. The van der Waals surface area contributed by atoms with E-state index in [2.05, 4.69) is 34.6 Å². The molecule has 1 N–H and O–H groups in total. The van der Waals surface area contributed by atoms with E-state index in [-0.39, 0.29) is 5.91 Å². The molecule has 0 aliphatic rings. The van der Waals surface area contributed by atoms with Crippen molar-refractivity contribution in [3.8, 4) is 20.9 Å². The van der Waals surface area contributed by atoms with Gasteiger partial charge >= 0.3 is 0 Å². The Morgan fingerprint density at radius 2 is 1.52 bits per heavy atom. The van der Waals surface area contributed by atoms with Gasteiger partial charge in [-0.1, -0.05) is 54.6 Å². The summed E-state index contributed by atoms with van der Waals surface area (Å²) in [6.45, 7) is 3.93. The maximum Gasteiger partial charge on any atom is 0.252 e. The van der Waals surface area contributed by atoms with Crippen molar-refractivity contribution in [1.29, 1.82) is 0 Å².